The third-order valence-corrected chi connectivity index (χ3v) is 5.14. The van der Waals surface area contributed by atoms with Gasteiger partial charge in [-0.2, -0.15) is 0 Å². The summed E-state index contributed by atoms with van der Waals surface area (Å²) in [6.45, 7) is 0.299. The van der Waals surface area contributed by atoms with Crippen LogP contribution < -0.4 is 16.0 Å². The summed E-state index contributed by atoms with van der Waals surface area (Å²) in [5, 5.41) is 17.5. The summed E-state index contributed by atoms with van der Waals surface area (Å²) in [5.41, 5.74) is 2.41. The molecular weight excluding hydrogens is 484 g/mol. The summed E-state index contributed by atoms with van der Waals surface area (Å²) in [6.07, 6.45) is 1.53. The van der Waals surface area contributed by atoms with Crippen molar-refractivity contribution in [3.05, 3.63) is 70.0 Å². The lowest BCUT2D eigenvalue weighted by molar-refractivity contribution is 0.0945. The van der Waals surface area contributed by atoms with E-state index in [0.717, 1.165) is 5.56 Å². The lowest BCUT2D eigenvalue weighted by atomic mass is 10.1. The third-order valence-electron chi connectivity index (χ3n) is 4.68. The monoisotopic (exact) mass is 505 g/mol. The molecule has 0 aliphatic carbocycles. The van der Waals surface area contributed by atoms with E-state index in [2.05, 4.69) is 41.8 Å². The highest BCUT2D eigenvalue weighted by molar-refractivity contribution is 9.10. The Kier molecular flexibility index (Phi) is 8.07. The highest BCUT2D eigenvalue weighted by Gasteiger charge is 2.13. The Hall–Kier alpha value is -3.11. The summed E-state index contributed by atoms with van der Waals surface area (Å²) < 4.78 is 28.3. The van der Waals surface area contributed by atoms with Gasteiger partial charge in [0.25, 0.3) is 5.91 Å². The molecule has 0 fully saturated rings. The lowest BCUT2D eigenvalue weighted by Gasteiger charge is -2.12. The van der Waals surface area contributed by atoms with Crippen LogP contribution in [-0.4, -0.2) is 47.7 Å². The molecule has 0 radical (unpaired) electrons. The molecule has 1 aromatic heterocycles. The van der Waals surface area contributed by atoms with Gasteiger partial charge in [-0.3, -0.25) is 4.79 Å². The predicted octanol–water partition coefficient (Wildman–Crippen LogP) is 3.60. The number of aliphatic hydroxyl groups excluding tert-OH is 1. The highest BCUT2D eigenvalue weighted by atomic mass is 79.9. The second kappa shape index (κ2) is 11.0. The van der Waals surface area contributed by atoms with Gasteiger partial charge in [-0.1, -0.05) is 22.0 Å². The fourth-order valence-corrected chi connectivity index (χ4v) is 3.51. The van der Waals surface area contributed by atoms with E-state index in [1.807, 2.05) is 0 Å². The summed E-state index contributed by atoms with van der Waals surface area (Å²) in [5.74, 6) is -1.01. The Balaban J connectivity index is 1.72. The minimum atomic E-state index is -0.607. The Morgan fingerprint density at radius 2 is 1.84 bits per heavy atom. The number of aliphatic hydroxyl groups is 1. The van der Waals surface area contributed by atoms with E-state index in [1.54, 1.807) is 31.3 Å². The van der Waals surface area contributed by atoms with E-state index < -0.39 is 11.6 Å². The number of amides is 1. The molecule has 0 unspecified atom stereocenters. The molecule has 0 atom stereocenters. The molecule has 2 aromatic carbocycles. The standard InChI is InChI=1S/C22H22BrF2N5O2/c1-26-20-8-13(2-3-16(20)22(32)28-6-7-31)19-11-21(30-12-29-19)27-5-4-15-17(24)9-14(23)10-18(15)25/h2-3,8-12,26,31H,4-7H2,1H3,(H,28,32)(H,27,29,30). The largest absolute Gasteiger partial charge is 0.395 e. The number of benzene rings is 2. The summed E-state index contributed by atoms with van der Waals surface area (Å²) in [4.78, 5) is 20.7. The van der Waals surface area contributed by atoms with Crippen molar-refractivity contribution in [1.29, 1.82) is 0 Å². The van der Waals surface area contributed by atoms with Crippen molar-refractivity contribution < 1.29 is 18.7 Å². The average Bonchev–Trinajstić information content (AvgIpc) is 2.79. The predicted molar refractivity (Wildman–Crippen MR) is 123 cm³/mol. The van der Waals surface area contributed by atoms with Gasteiger partial charge in [0.2, 0.25) is 0 Å². The molecule has 10 heteroatoms. The maximum Gasteiger partial charge on any atom is 0.253 e. The first-order valence-electron chi connectivity index (χ1n) is 9.83. The number of aromatic nitrogens is 2. The first kappa shape index (κ1) is 23.6. The fraction of sp³-hybridized carbons (Fsp3) is 0.227. The summed E-state index contributed by atoms with van der Waals surface area (Å²) >= 11 is 3.07. The molecule has 32 heavy (non-hydrogen) atoms. The van der Waals surface area contributed by atoms with Crippen molar-refractivity contribution >= 4 is 33.3 Å². The van der Waals surface area contributed by atoms with Crippen LogP contribution in [0, 0.1) is 11.6 Å². The smallest absolute Gasteiger partial charge is 0.253 e. The van der Waals surface area contributed by atoms with E-state index in [-0.39, 0.29) is 37.6 Å². The average molecular weight is 506 g/mol. The molecule has 7 nitrogen and oxygen atoms in total. The molecule has 1 heterocycles. The van der Waals surface area contributed by atoms with Gasteiger partial charge < -0.3 is 21.1 Å². The van der Waals surface area contributed by atoms with Gasteiger partial charge in [-0.15, -0.1) is 0 Å². The number of nitrogens with zero attached hydrogens (tertiary/aromatic N) is 2. The topological polar surface area (TPSA) is 99.2 Å². The third kappa shape index (κ3) is 5.77. The first-order valence-corrected chi connectivity index (χ1v) is 10.6. The number of hydrogen-bond acceptors (Lipinski definition) is 6. The maximum atomic E-state index is 14.0. The van der Waals surface area contributed by atoms with Crippen molar-refractivity contribution in [2.24, 2.45) is 0 Å². The van der Waals surface area contributed by atoms with Crippen LogP contribution >= 0.6 is 15.9 Å². The van der Waals surface area contributed by atoms with Gasteiger partial charge in [0.15, 0.2) is 0 Å². The molecule has 0 saturated carbocycles. The van der Waals surface area contributed by atoms with Crippen LogP contribution in [-0.2, 0) is 6.42 Å². The second-order valence-electron chi connectivity index (χ2n) is 6.80. The van der Waals surface area contributed by atoms with Crippen LogP contribution in [0.4, 0.5) is 20.3 Å². The van der Waals surface area contributed by atoms with E-state index >= 15 is 0 Å². The number of carbonyl (C=O) groups excluding carboxylic acids is 1. The van der Waals surface area contributed by atoms with Crippen LogP contribution in [0.3, 0.4) is 0 Å². The normalized spacial score (nSPS) is 10.7. The van der Waals surface area contributed by atoms with E-state index in [4.69, 9.17) is 5.11 Å². The molecule has 3 aromatic rings. The van der Waals surface area contributed by atoms with Crippen LogP contribution in [0.5, 0.6) is 0 Å². The van der Waals surface area contributed by atoms with Gasteiger partial charge in [0, 0.05) is 47.5 Å². The molecule has 168 valence electrons. The van der Waals surface area contributed by atoms with Crippen molar-refractivity contribution in [2.45, 2.75) is 6.42 Å². The number of carbonyl (C=O) groups is 1. The van der Waals surface area contributed by atoms with Gasteiger partial charge in [0.05, 0.1) is 17.9 Å². The fourth-order valence-electron chi connectivity index (χ4n) is 3.11. The summed E-state index contributed by atoms with van der Waals surface area (Å²) in [7, 11) is 1.70. The highest BCUT2D eigenvalue weighted by Crippen LogP contribution is 2.26. The van der Waals surface area contributed by atoms with Crippen LogP contribution in [0.1, 0.15) is 15.9 Å². The van der Waals surface area contributed by atoms with Crippen molar-refractivity contribution in [3.63, 3.8) is 0 Å². The zero-order valence-corrected chi connectivity index (χ0v) is 18.8. The molecule has 1 amide bonds. The number of nitrogens with one attached hydrogen (secondary N) is 3. The minimum Gasteiger partial charge on any atom is -0.395 e. The molecular formula is C22H22BrF2N5O2. The van der Waals surface area contributed by atoms with Crippen molar-refractivity contribution in [3.8, 4) is 11.3 Å². The zero-order chi connectivity index (χ0) is 23.1. The van der Waals surface area contributed by atoms with E-state index in [0.29, 0.717) is 27.2 Å². The lowest BCUT2D eigenvalue weighted by Crippen LogP contribution is -2.27. The van der Waals surface area contributed by atoms with Crippen LogP contribution in [0.2, 0.25) is 0 Å². The quantitative estimate of drug-likeness (QED) is 0.354. The van der Waals surface area contributed by atoms with Gasteiger partial charge in [0.1, 0.15) is 23.8 Å². The maximum absolute atomic E-state index is 14.0. The minimum absolute atomic E-state index is 0.00343. The number of anilines is 2. The Morgan fingerprint density at radius 1 is 1.09 bits per heavy atom. The van der Waals surface area contributed by atoms with Crippen molar-refractivity contribution in [1.82, 2.24) is 15.3 Å². The zero-order valence-electron chi connectivity index (χ0n) is 17.3. The number of halogens is 3. The molecule has 0 aliphatic rings. The molecule has 4 N–H and O–H groups in total. The van der Waals surface area contributed by atoms with Gasteiger partial charge >= 0.3 is 0 Å². The summed E-state index contributed by atoms with van der Waals surface area (Å²) in [6, 6.07) is 9.39. The van der Waals surface area contributed by atoms with Crippen molar-refractivity contribution in [2.75, 3.05) is 37.4 Å². The molecule has 0 saturated heterocycles. The van der Waals surface area contributed by atoms with Gasteiger partial charge in [-0.05, 0) is 30.7 Å². The van der Waals surface area contributed by atoms with E-state index in [1.165, 1.54) is 18.5 Å². The number of hydrogen-bond donors (Lipinski definition) is 4. The number of rotatable bonds is 9. The second-order valence-corrected chi connectivity index (χ2v) is 7.72. The Morgan fingerprint density at radius 3 is 2.53 bits per heavy atom. The van der Waals surface area contributed by atoms with Crippen LogP contribution in [0.25, 0.3) is 11.3 Å². The van der Waals surface area contributed by atoms with Gasteiger partial charge in [-0.25, -0.2) is 18.7 Å². The van der Waals surface area contributed by atoms with E-state index in [9.17, 15) is 13.6 Å². The van der Waals surface area contributed by atoms with Crippen LogP contribution in [0.15, 0.2) is 47.2 Å². The SMILES string of the molecule is CNc1cc(-c2cc(NCCc3c(F)cc(Br)cc3F)ncn2)ccc1C(=O)NCCO. The molecule has 0 aliphatic heterocycles. The first-order chi connectivity index (χ1) is 15.4. The Labute approximate surface area is 192 Å². The molecule has 0 spiro atoms. The molecule has 3 rings (SSSR count). The molecule has 0 bridgehead atoms. The Bertz CT molecular complexity index is 1090.